The third-order valence-electron chi connectivity index (χ3n) is 3.56. The van der Waals surface area contributed by atoms with Crippen molar-refractivity contribution in [3.05, 3.63) is 95.1 Å². The summed E-state index contributed by atoms with van der Waals surface area (Å²) in [6.07, 6.45) is 0.245. The van der Waals surface area contributed by atoms with Crippen molar-refractivity contribution < 1.29 is 14.0 Å². The van der Waals surface area contributed by atoms with E-state index in [2.05, 4.69) is 4.98 Å². The average molecular weight is 307 g/mol. The molecule has 3 rings (SSSR count). The van der Waals surface area contributed by atoms with Crippen molar-refractivity contribution in [3.63, 3.8) is 0 Å². The number of benzene rings is 2. The van der Waals surface area contributed by atoms with E-state index in [0.717, 1.165) is 5.56 Å². The van der Waals surface area contributed by atoms with Gasteiger partial charge in [-0.1, -0.05) is 42.5 Å². The second-order valence-electron chi connectivity index (χ2n) is 5.18. The predicted molar refractivity (Wildman–Crippen MR) is 85.1 cm³/mol. The van der Waals surface area contributed by atoms with Gasteiger partial charge in [0.15, 0.2) is 5.78 Å². The summed E-state index contributed by atoms with van der Waals surface area (Å²) < 4.78 is 13.7. The van der Waals surface area contributed by atoms with Gasteiger partial charge in [0.1, 0.15) is 5.82 Å². The van der Waals surface area contributed by atoms with Gasteiger partial charge in [-0.2, -0.15) is 0 Å². The molecule has 0 aliphatic heterocycles. The molecule has 0 fully saturated rings. The van der Waals surface area contributed by atoms with Crippen molar-refractivity contribution in [1.82, 2.24) is 4.98 Å². The van der Waals surface area contributed by atoms with Crippen LogP contribution >= 0.6 is 0 Å². The molecule has 0 unspecified atom stereocenters. The van der Waals surface area contributed by atoms with Crippen LogP contribution in [0.3, 0.4) is 0 Å². The number of carbonyl (C=O) groups excluding carboxylic acids is 2. The number of hydrogen-bond acceptors (Lipinski definition) is 2. The van der Waals surface area contributed by atoms with Crippen LogP contribution in [0.4, 0.5) is 4.39 Å². The standard InChI is InChI=1S/C19H14FNO2/c20-15-9-5-4-8-14(15)19(23)17-11-10-16(21-17)18(22)12-13-6-2-1-3-7-13/h1-11,21H,12H2. The average Bonchev–Trinajstić information content (AvgIpc) is 3.06. The van der Waals surface area contributed by atoms with Crippen LogP contribution in [-0.2, 0) is 6.42 Å². The second-order valence-corrected chi connectivity index (χ2v) is 5.18. The first kappa shape index (κ1) is 14.9. The monoisotopic (exact) mass is 307 g/mol. The molecule has 3 nitrogen and oxygen atoms in total. The summed E-state index contributed by atoms with van der Waals surface area (Å²) in [5, 5.41) is 0. The Bertz CT molecular complexity index is 853. The number of halogens is 1. The summed E-state index contributed by atoms with van der Waals surface area (Å²) in [7, 11) is 0. The quantitative estimate of drug-likeness (QED) is 0.729. The van der Waals surface area contributed by atoms with Gasteiger partial charge < -0.3 is 4.98 Å². The molecule has 23 heavy (non-hydrogen) atoms. The first-order chi connectivity index (χ1) is 11.1. The predicted octanol–water partition coefficient (Wildman–Crippen LogP) is 3.81. The fourth-order valence-electron chi connectivity index (χ4n) is 2.36. The number of hydrogen-bond donors (Lipinski definition) is 1. The minimum absolute atomic E-state index is 0.0172. The van der Waals surface area contributed by atoms with Crippen molar-refractivity contribution in [2.75, 3.05) is 0 Å². The molecule has 0 amide bonds. The van der Waals surface area contributed by atoms with Crippen LogP contribution in [0.15, 0.2) is 66.7 Å². The van der Waals surface area contributed by atoms with Gasteiger partial charge >= 0.3 is 0 Å². The first-order valence-corrected chi connectivity index (χ1v) is 7.20. The zero-order valence-corrected chi connectivity index (χ0v) is 12.3. The Morgan fingerprint density at radius 2 is 1.48 bits per heavy atom. The normalized spacial score (nSPS) is 10.5. The molecule has 3 aromatic rings. The number of carbonyl (C=O) groups is 2. The van der Waals surface area contributed by atoms with Crippen LogP contribution in [-0.4, -0.2) is 16.6 Å². The Hall–Kier alpha value is -3.01. The molecule has 0 saturated heterocycles. The van der Waals surface area contributed by atoms with Crippen molar-refractivity contribution in [1.29, 1.82) is 0 Å². The van der Waals surface area contributed by atoms with Gasteiger partial charge in [-0.05, 0) is 29.8 Å². The summed E-state index contributed by atoms with van der Waals surface area (Å²) >= 11 is 0. The zero-order valence-electron chi connectivity index (χ0n) is 12.3. The number of aromatic amines is 1. The number of nitrogens with one attached hydrogen (secondary N) is 1. The largest absolute Gasteiger partial charge is 0.349 e. The Labute approximate surface area is 132 Å². The maximum absolute atomic E-state index is 13.7. The highest BCUT2D eigenvalue weighted by Gasteiger charge is 2.17. The molecule has 2 aromatic carbocycles. The first-order valence-electron chi connectivity index (χ1n) is 7.20. The van der Waals surface area contributed by atoms with E-state index in [9.17, 15) is 14.0 Å². The van der Waals surface area contributed by atoms with Gasteiger partial charge in [-0.25, -0.2) is 4.39 Å². The number of rotatable bonds is 5. The molecule has 1 N–H and O–H groups in total. The Balaban J connectivity index is 1.79. The number of H-pyrrole nitrogens is 1. The van der Waals surface area contributed by atoms with E-state index in [-0.39, 0.29) is 23.5 Å². The lowest BCUT2D eigenvalue weighted by Crippen LogP contribution is -2.07. The molecule has 0 saturated carbocycles. The summed E-state index contributed by atoms with van der Waals surface area (Å²) in [5.41, 5.74) is 1.42. The maximum Gasteiger partial charge on any atom is 0.212 e. The highest BCUT2D eigenvalue weighted by atomic mass is 19.1. The Morgan fingerprint density at radius 1 is 0.826 bits per heavy atom. The number of aromatic nitrogens is 1. The van der Waals surface area contributed by atoms with E-state index in [1.54, 1.807) is 12.1 Å². The van der Waals surface area contributed by atoms with E-state index in [1.165, 1.54) is 24.3 Å². The molecule has 0 atom stereocenters. The molecule has 0 aliphatic carbocycles. The van der Waals surface area contributed by atoms with E-state index >= 15 is 0 Å². The van der Waals surface area contributed by atoms with E-state index < -0.39 is 11.6 Å². The second kappa shape index (κ2) is 6.40. The van der Waals surface area contributed by atoms with Gasteiger partial charge in [-0.3, -0.25) is 9.59 Å². The van der Waals surface area contributed by atoms with E-state index in [4.69, 9.17) is 0 Å². The Kier molecular flexibility index (Phi) is 4.15. The maximum atomic E-state index is 13.7. The minimum atomic E-state index is -0.579. The SMILES string of the molecule is O=C(Cc1ccccc1)c1ccc(C(=O)c2ccccc2F)[nH]1. The van der Waals surface area contributed by atoms with Crippen LogP contribution in [0.1, 0.15) is 32.1 Å². The van der Waals surface area contributed by atoms with Crippen LogP contribution in [0.25, 0.3) is 0 Å². The molecular weight excluding hydrogens is 293 g/mol. The van der Waals surface area contributed by atoms with Gasteiger partial charge in [0.05, 0.1) is 17.0 Å². The summed E-state index contributed by atoms with van der Waals surface area (Å²) in [6, 6.07) is 18.2. The number of Topliss-reactive ketones (excluding diaryl/α,β-unsaturated/α-hetero) is 1. The highest BCUT2D eigenvalue weighted by molar-refractivity contribution is 6.09. The summed E-state index contributed by atoms with van der Waals surface area (Å²) in [5.74, 6) is -1.17. The molecule has 0 bridgehead atoms. The fraction of sp³-hybridized carbons (Fsp3) is 0.0526. The molecule has 0 aliphatic rings. The summed E-state index contributed by atoms with van der Waals surface area (Å²) in [4.78, 5) is 27.3. The van der Waals surface area contributed by atoms with Crippen LogP contribution in [0.5, 0.6) is 0 Å². The Morgan fingerprint density at radius 3 is 2.22 bits per heavy atom. The zero-order chi connectivity index (χ0) is 16.2. The lowest BCUT2D eigenvalue weighted by atomic mass is 10.1. The molecule has 114 valence electrons. The molecular formula is C19H14FNO2. The van der Waals surface area contributed by atoms with Crippen LogP contribution in [0, 0.1) is 5.82 Å². The van der Waals surface area contributed by atoms with Gasteiger partial charge in [-0.15, -0.1) is 0 Å². The minimum Gasteiger partial charge on any atom is -0.349 e. The third-order valence-corrected chi connectivity index (χ3v) is 3.56. The molecule has 1 heterocycles. The van der Waals surface area contributed by atoms with E-state index in [1.807, 2.05) is 30.3 Å². The van der Waals surface area contributed by atoms with E-state index in [0.29, 0.717) is 5.69 Å². The van der Waals surface area contributed by atoms with Gasteiger partial charge in [0, 0.05) is 6.42 Å². The van der Waals surface area contributed by atoms with Gasteiger partial charge in [0.25, 0.3) is 0 Å². The van der Waals surface area contributed by atoms with Crippen molar-refractivity contribution in [3.8, 4) is 0 Å². The topological polar surface area (TPSA) is 49.9 Å². The molecule has 0 spiro atoms. The molecule has 1 aromatic heterocycles. The van der Waals surface area contributed by atoms with Crippen molar-refractivity contribution >= 4 is 11.6 Å². The smallest absolute Gasteiger partial charge is 0.212 e. The van der Waals surface area contributed by atoms with Crippen molar-refractivity contribution in [2.24, 2.45) is 0 Å². The number of ketones is 2. The highest BCUT2D eigenvalue weighted by Crippen LogP contribution is 2.14. The summed E-state index contributed by atoms with van der Waals surface area (Å²) in [6.45, 7) is 0. The third kappa shape index (κ3) is 3.26. The lowest BCUT2D eigenvalue weighted by molar-refractivity contribution is 0.0989. The fourth-order valence-corrected chi connectivity index (χ4v) is 2.36. The lowest BCUT2D eigenvalue weighted by Gasteiger charge is -2.01. The van der Waals surface area contributed by atoms with Gasteiger partial charge in [0.2, 0.25) is 5.78 Å². The molecule has 0 radical (unpaired) electrons. The van der Waals surface area contributed by atoms with Crippen LogP contribution in [0.2, 0.25) is 0 Å². The molecule has 4 heteroatoms. The van der Waals surface area contributed by atoms with Crippen LogP contribution < -0.4 is 0 Å². The van der Waals surface area contributed by atoms with Crippen molar-refractivity contribution in [2.45, 2.75) is 6.42 Å².